The molecule has 1 unspecified atom stereocenters. The highest BCUT2D eigenvalue weighted by Gasteiger charge is 2.31. The Kier molecular flexibility index (Phi) is 3.89. The van der Waals surface area contributed by atoms with E-state index in [9.17, 15) is 9.59 Å². The van der Waals surface area contributed by atoms with Gasteiger partial charge >= 0.3 is 0 Å². The summed E-state index contributed by atoms with van der Waals surface area (Å²) >= 11 is 0. The van der Waals surface area contributed by atoms with E-state index in [-0.39, 0.29) is 17.9 Å². The van der Waals surface area contributed by atoms with Gasteiger partial charge in [-0.2, -0.15) is 15.4 Å². The maximum absolute atomic E-state index is 12.6. The van der Waals surface area contributed by atoms with Crippen molar-refractivity contribution in [2.24, 2.45) is 0 Å². The molecule has 1 atom stereocenters. The van der Waals surface area contributed by atoms with Crippen molar-refractivity contribution in [3.63, 3.8) is 0 Å². The Hall–Kier alpha value is -2.48. The monoisotopic (exact) mass is 329 g/mol. The van der Waals surface area contributed by atoms with Crippen molar-refractivity contribution < 1.29 is 14.3 Å². The molecule has 2 saturated heterocycles. The van der Waals surface area contributed by atoms with Gasteiger partial charge in [0.2, 0.25) is 0 Å². The van der Waals surface area contributed by atoms with E-state index in [1.807, 2.05) is 0 Å². The fourth-order valence-corrected chi connectivity index (χ4v) is 3.26. The van der Waals surface area contributed by atoms with Crippen LogP contribution in [0.3, 0.4) is 0 Å². The number of aromatic amines is 1. The van der Waals surface area contributed by atoms with E-state index in [1.54, 1.807) is 28.0 Å². The molecular weight excluding hydrogens is 310 g/mol. The summed E-state index contributed by atoms with van der Waals surface area (Å²) < 4.78 is 5.46. The van der Waals surface area contributed by atoms with Crippen LogP contribution >= 0.6 is 0 Å². The number of amides is 2. The summed E-state index contributed by atoms with van der Waals surface area (Å²) in [6.45, 7) is 2.84. The molecule has 8 heteroatoms. The SMILES string of the molecule is O=C(c1ccc2n[nH]nc2c1)N1CCN(C(=O)C2CCCO2)CC1. The van der Waals surface area contributed by atoms with Crippen LogP contribution in [0.15, 0.2) is 18.2 Å². The summed E-state index contributed by atoms with van der Waals surface area (Å²) in [5.74, 6) is 0.0210. The van der Waals surface area contributed by atoms with Gasteiger partial charge in [0.05, 0.1) is 0 Å². The van der Waals surface area contributed by atoms with Crippen LogP contribution in [0.2, 0.25) is 0 Å². The van der Waals surface area contributed by atoms with Crippen molar-refractivity contribution >= 4 is 22.8 Å². The number of fused-ring (bicyclic) bond motifs is 1. The number of nitrogens with one attached hydrogen (secondary N) is 1. The lowest BCUT2D eigenvalue weighted by Gasteiger charge is -2.35. The van der Waals surface area contributed by atoms with E-state index < -0.39 is 0 Å². The number of carbonyl (C=O) groups excluding carboxylic acids is 2. The Morgan fingerprint density at radius 3 is 2.58 bits per heavy atom. The van der Waals surface area contributed by atoms with Crippen molar-refractivity contribution in [2.75, 3.05) is 32.8 Å². The number of carbonyl (C=O) groups is 2. The highest BCUT2D eigenvalue weighted by molar-refractivity contribution is 5.97. The van der Waals surface area contributed by atoms with Gasteiger partial charge < -0.3 is 14.5 Å². The van der Waals surface area contributed by atoms with Crippen LogP contribution in [0.4, 0.5) is 0 Å². The number of hydrogen-bond acceptors (Lipinski definition) is 5. The molecule has 1 aromatic heterocycles. The van der Waals surface area contributed by atoms with Gasteiger partial charge in [-0.05, 0) is 31.0 Å². The maximum atomic E-state index is 12.6. The molecule has 0 bridgehead atoms. The largest absolute Gasteiger partial charge is 0.368 e. The third kappa shape index (κ3) is 2.73. The molecule has 2 amide bonds. The maximum Gasteiger partial charge on any atom is 0.254 e. The Balaban J connectivity index is 1.39. The average Bonchev–Trinajstić information content (AvgIpc) is 3.31. The number of nitrogens with zero attached hydrogens (tertiary/aromatic N) is 4. The fourth-order valence-electron chi connectivity index (χ4n) is 3.26. The second kappa shape index (κ2) is 6.20. The first kappa shape index (κ1) is 15.1. The standard InChI is InChI=1S/C16H19N5O3/c22-15(11-3-4-12-13(10-11)18-19-17-12)20-5-7-21(8-6-20)16(23)14-2-1-9-24-14/h3-4,10,14H,1-2,5-9H2,(H,17,18,19). The van der Waals surface area contributed by atoms with Gasteiger partial charge in [-0.3, -0.25) is 9.59 Å². The van der Waals surface area contributed by atoms with E-state index in [4.69, 9.17) is 4.74 Å². The Morgan fingerprint density at radius 1 is 1.08 bits per heavy atom. The number of H-pyrrole nitrogens is 1. The van der Waals surface area contributed by atoms with E-state index in [0.717, 1.165) is 18.4 Å². The Bertz CT molecular complexity index is 760. The molecule has 0 saturated carbocycles. The first-order valence-corrected chi connectivity index (χ1v) is 8.22. The van der Waals surface area contributed by atoms with Gasteiger partial charge in [0, 0.05) is 38.3 Å². The topological polar surface area (TPSA) is 91.4 Å². The summed E-state index contributed by atoms with van der Waals surface area (Å²) in [6.07, 6.45) is 1.46. The van der Waals surface area contributed by atoms with Crippen LogP contribution < -0.4 is 0 Å². The number of ether oxygens (including phenoxy) is 1. The van der Waals surface area contributed by atoms with E-state index in [0.29, 0.717) is 43.9 Å². The summed E-state index contributed by atoms with van der Waals surface area (Å²) in [4.78, 5) is 28.6. The number of piperazine rings is 1. The molecule has 4 rings (SSSR count). The van der Waals surface area contributed by atoms with Gasteiger partial charge in [0.1, 0.15) is 17.1 Å². The summed E-state index contributed by atoms with van der Waals surface area (Å²) in [5.41, 5.74) is 2.00. The summed E-state index contributed by atoms with van der Waals surface area (Å²) in [5, 5.41) is 10.5. The number of aromatic nitrogens is 3. The minimum atomic E-state index is -0.290. The molecule has 126 valence electrons. The molecule has 0 spiro atoms. The Morgan fingerprint density at radius 2 is 1.83 bits per heavy atom. The number of benzene rings is 1. The lowest BCUT2D eigenvalue weighted by molar-refractivity contribution is -0.142. The highest BCUT2D eigenvalue weighted by atomic mass is 16.5. The lowest BCUT2D eigenvalue weighted by Crippen LogP contribution is -2.52. The zero-order valence-electron chi connectivity index (χ0n) is 13.3. The molecule has 24 heavy (non-hydrogen) atoms. The summed E-state index contributed by atoms with van der Waals surface area (Å²) in [7, 11) is 0. The van der Waals surface area contributed by atoms with Crippen LogP contribution in [0.1, 0.15) is 23.2 Å². The molecule has 8 nitrogen and oxygen atoms in total. The molecule has 1 N–H and O–H groups in total. The fraction of sp³-hybridized carbons (Fsp3) is 0.500. The molecule has 0 radical (unpaired) electrons. The van der Waals surface area contributed by atoms with Crippen molar-refractivity contribution in [3.05, 3.63) is 23.8 Å². The average molecular weight is 329 g/mol. The second-order valence-electron chi connectivity index (χ2n) is 6.15. The van der Waals surface area contributed by atoms with Gasteiger partial charge in [0.25, 0.3) is 11.8 Å². The first-order valence-electron chi connectivity index (χ1n) is 8.22. The van der Waals surface area contributed by atoms with Crippen molar-refractivity contribution in [2.45, 2.75) is 18.9 Å². The quantitative estimate of drug-likeness (QED) is 0.862. The zero-order valence-corrected chi connectivity index (χ0v) is 13.3. The van der Waals surface area contributed by atoms with Crippen LogP contribution in [-0.4, -0.2) is 75.9 Å². The highest BCUT2D eigenvalue weighted by Crippen LogP contribution is 2.17. The van der Waals surface area contributed by atoms with E-state index in [2.05, 4.69) is 15.4 Å². The molecule has 0 aliphatic carbocycles. The molecule has 2 aliphatic heterocycles. The van der Waals surface area contributed by atoms with Gasteiger partial charge in [-0.15, -0.1) is 0 Å². The second-order valence-corrected chi connectivity index (χ2v) is 6.15. The third-order valence-corrected chi connectivity index (χ3v) is 4.65. The minimum Gasteiger partial charge on any atom is -0.368 e. The van der Waals surface area contributed by atoms with Crippen LogP contribution in [-0.2, 0) is 9.53 Å². The first-order chi connectivity index (χ1) is 11.7. The molecule has 2 aromatic rings. The molecule has 2 fully saturated rings. The van der Waals surface area contributed by atoms with Gasteiger partial charge in [-0.1, -0.05) is 0 Å². The van der Waals surface area contributed by atoms with Crippen LogP contribution in [0.5, 0.6) is 0 Å². The Labute approximate surface area is 138 Å². The van der Waals surface area contributed by atoms with Crippen molar-refractivity contribution in [1.29, 1.82) is 0 Å². The van der Waals surface area contributed by atoms with E-state index >= 15 is 0 Å². The van der Waals surface area contributed by atoms with Crippen LogP contribution in [0, 0.1) is 0 Å². The zero-order chi connectivity index (χ0) is 16.5. The number of rotatable bonds is 2. The van der Waals surface area contributed by atoms with Crippen LogP contribution in [0.25, 0.3) is 11.0 Å². The lowest BCUT2D eigenvalue weighted by atomic mass is 10.1. The van der Waals surface area contributed by atoms with Crippen molar-refractivity contribution in [3.8, 4) is 0 Å². The predicted molar refractivity (Wildman–Crippen MR) is 85.3 cm³/mol. The minimum absolute atomic E-state index is 0.0379. The molecule has 3 heterocycles. The molecule has 1 aromatic carbocycles. The number of hydrogen-bond donors (Lipinski definition) is 1. The van der Waals surface area contributed by atoms with Gasteiger partial charge in [0.15, 0.2) is 0 Å². The van der Waals surface area contributed by atoms with E-state index in [1.165, 1.54) is 0 Å². The normalized spacial score (nSPS) is 21.4. The molecule has 2 aliphatic rings. The summed E-state index contributed by atoms with van der Waals surface area (Å²) in [6, 6.07) is 5.28. The molecular formula is C16H19N5O3. The van der Waals surface area contributed by atoms with Gasteiger partial charge in [-0.25, -0.2) is 0 Å². The smallest absolute Gasteiger partial charge is 0.254 e. The predicted octanol–water partition coefficient (Wildman–Crippen LogP) is 0.421. The van der Waals surface area contributed by atoms with Crippen molar-refractivity contribution in [1.82, 2.24) is 25.2 Å². The third-order valence-electron chi connectivity index (χ3n) is 4.65.